The molecule has 0 amide bonds. The van der Waals surface area contributed by atoms with E-state index in [1.165, 1.54) is 16.6 Å². The van der Waals surface area contributed by atoms with Crippen LogP contribution < -0.4 is 4.74 Å². The molecule has 0 unspecified atom stereocenters. The Morgan fingerprint density at radius 3 is 2.38 bits per heavy atom. The Morgan fingerprint density at radius 2 is 1.81 bits per heavy atom. The van der Waals surface area contributed by atoms with Crippen LogP contribution in [0.5, 0.6) is 5.75 Å². The van der Waals surface area contributed by atoms with E-state index in [2.05, 4.69) is 4.90 Å². The van der Waals surface area contributed by atoms with Crippen molar-refractivity contribution in [3.63, 3.8) is 0 Å². The number of rotatable bonds is 5. The molecule has 1 aromatic rings. The number of halogens is 1. The molecule has 2 saturated heterocycles. The Balaban J connectivity index is 1.47. The van der Waals surface area contributed by atoms with Crippen molar-refractivity contribution in [3.05, 3.63) is 30.1 Å². The fourth-order valence-corrected chi connectivity index (χ4v) is 4.64. The Labute approximate surface area is 154 Å². The van der Waals surface area contributed by atoms with Crippen LogP contribution in [-0.2, 0) is 10.0 Å². The molecule has 1 aromatic carbocycles. The van der Waals surface area contributed by atoms with Crippen LogP contribution in [0.25, 0.3) is 0 Å². The Bertz CT molecular complexity index is 712. The third-order valence-corrected chi connectivity index (χ3v) is 6.77. The number of hydrogen-bond acceptors (Lipinski definition) is 5. The molecule has 3 rings (SSSR count). The summed E-state index contributed by atoms with van der Waals surface area (Å²) in [5.41, 5.74) is -0.952. The Hall–Kier alpha value is -1.22. The molecule has 0 aliphatic carbocycles. The van der Waals surface area contributed by atoms with Crippen LogP contribution in [0.3, 0.4) is 0 Å². The predicted molar refractivity (Wildman–Crippen MR) is 97.1 cm³/mol. The summed E-state index contributed by atoms with van der Waals surface area (Å²) in [4.78, 5) is 2.33. The molecule has 26 heavy (non-hydrogen) atoms. The summed E-state index contributed by atoms with van der Waals surface area (Å²) in [5, 5.41) is 10.7. The molecule has 8 heteroatoms. The molecule has 0 bridgehead atoms. The first-order valence-corrected chi connectivity index (χ1v) is 10.9. The summed E-state index contributed by atoms with van der Waals surface area (Å²) in [6.45, 7) is 2.66. The van der Waals surface area contributed by atoms with Crippen LogP contribution >= 0.6 is 0 Å². The number of sulfonamides is 1. The van der Waals surface area contributed by atoms with E-state index in [4.69, 9.17) is 4.74 Å². The lowest BCUT2D eigenvalue weighted by atomic mass is 9.90. The molecule has 1 N–H and O–H groups in total. The number of benzene rings is 1. The Kier molecular flexibility index (Phi) is 5.86. The number of hydrogen-bond donors (Lipinski definition) is 1. The monoisotopic (exact) mass is 386 g/mol. The largest absolute Gasteiger partial charge is 0.488 e. The maximum atomic E-state index is 13.6. The van der Waals surface area contributed by atoms with Gasteiger partial charge in [-0.2, -0.15) is 0 Å². The molecular formula is C18H27FN2O4S. The SMILES string of the molecule is CS(=O)(=O)N1CCC(N2CCC(O)(COc3ccccc3F)CC2)CC1. The highest BCUT2D eigenvalue weighted by molar-refractivity contribution is 7.88. The number of para-hydroxylation sites is 1. The van der Waals surface area contributed by atoms with Crippen molar-refractivity contribution in [2.75, 3.05) is 39.0 Å². The topological polar surface area (TPSA) is 70.1 Å². The van der Waals surface area contributed by atoms with Crippen LogP contribution in [0, 0.1) is 5.82 Å². The third kappa shape index (κ3) is 4.73. The van der Waals surface area contributed by atoms with Gasteiger partial charge in [0.1, 0.15) is 12.2 Å². The molecule has 2 heterocycles. The zero-order valence-corrected chi connectivity index (χ0v) is 15.9. The summed E-state index contributed by atoms with van der Waals surface area (Å²) >= 11 is 0. The smallest absolute Gasteiger partial charge is 0.211 e. The van der Waals surface area contributed by atoms with E-state index >= 15 is 0 Å². The van der Waals surface area contributed by atoms with Crippen molar-refractivity contribution in [2.24, 2.45) is 0 Å². The number of aliphatic hydroxyl groups is 1. The summed E-state index contributed by atoms with van der Waals surface area (Å²) in [6.07, 6.45) is 4.01. The van der Waals surface area contributed by atoms with E-state index in [1.807, 2.05) is 0 Å². The minimum Gasteiger partial charge on any atom is -0.488 e. The van der Waals surface area contributed by atoms with Crippen molar-refractivity contribution in [3.8, 4) is 5.75 Å². The van der Waals surface area contributed by atoms with Gasteiger partial charge in [0.25, 0.3) is 0 Å². The lowest BCUT2D eigenvalue weighted by molar-refractivity contribution is -0.0629. The molecule has 2 aliphatic rings. The van der Waals surface area contributed by atoms with Crippen LogP contribution in [0.2, 0.25) is 0 Å². The van der Waals surface area contributed by atoms with E-state index in [0.29, 0.717) is 32.0 Å². The van der Waals surface area contributed by atoms with Gasteiger partial charge in [-0.15, -0.1) is 0 Å². The summed E-state index contributed by atoms with van der Waals surface area (Å²) in [7, 11) is -3.11. The minimum atomic E-state index is -3.11. The fourth-order valence-electron chi connectivity index (χ4n) is 3.76. The van der Waals surface area contributed by atoms with E-state index in [0.717, 1.165) is 25.9 Å². The molecule has 0 saturated carbocycles. The Morgan fingerprint density at radius 1 is 1.19 bits per heavy atom. The summed E-state index contributed by atoms with van der Waals surface area (Å²) < 4.78 is 43.9. The van der Waals surface area contributed by atoms with E-state index in [-0.39, 0.29) is 12.4 Å². The minimum absolute atomic E-state index is 0.0777. The first-order valence-electron chi connectivity index (χ1n) is 9.06. The van der Waals surface area contributed by atoms with Crippen LogP contribution in [0.4, 0.5) is 4.39 Å². The van der Waals surface area contributed by atoms with E-state index < -0.39 is 21.4 Å². The zero-order valence-electron chi connectivity index (χ0n) is 15.1. The second kappa shape index (κ2) is 7.80. The number of ether oxygens (including phenoxy) is 1. The van der Waals surface area contributed by atoms with Gasteiger partial charge in [-0.25, -0.2) is 17.1 Å². The van der Waals surface area contributed by atoms with Gasteiger partial charge in [-0.1, -0.05) is 12.1 Å². The predicted octanol–water partition coefficient (Wildman–Crippen LogP) is 1.46. The molecule has 2 aliphatic heterocycles. The third-order valence-electron chi connectivity index (χ3n) is 5.47. The molecule has 2 fully saturated rings. The van der Waals surface area contributed by atoms with Crippen molar-refractivity contribution < 1.29 is 22.7 Å². The average Bonchev–Trinajstić information content (AvgIpc) is 2.61. The van der Waals surface area contributed by atoms with Gasteiger partial charge in [0.2, 0.25) is 10.0 Å². The van der Waals surface area contributed by atoms with E-state index in [9.17, 15) is 17.9 Å². The quantitative estimate of drug-likeness (QED) is 0.830. The van der Waals surface area contributed by atoms with E-state index in [1.54, 1.807) is 18.2 Å². The van der Waals surface area contributed by atoms with Gasteiger partial charge >= 0.3 is 0 Å². The van der Waals surface area contributed by atoms with Gasteiger partial charge in [0.05, 0.1) is 6.26 Å². The lowest BCUT2D eigenvalue weighted by Crippen LogP contribution is -2.53. The second-order valence-electron chi connectivity index (χ2n) is 7.37. The van der Waals surface area contributed by atoms with Gasteiger partial charge < -0.3 is 14.7 Å². The maximum absolute atomic E-state index is 13.6. The highest BCUT2D eigenvalue weighted by Gasteiger charge is 2.37. The van der Waals surface area contributed by atoms with Gasteiger partial charge in [-0.05, 0) is 37.8 Å². The zero-order chi connectivity index (χ0) is 18.8. The molecule has 0 radical (unpaired) electrons. The van der Waals surface area contributed by atoms with Crippen LogP contribution in [0.15, 0.2) is 24.3 Å². The second-order valence-corrected chi connectivity index (χ2v) is 9.36. The van der Waals surface area contributed by atoms with Crippen molar-refractivity contribution >= 4 is 10.0 Å². The van der Waals surface area contributed by atoms with Gasteiger partial charge in [-0.3, -0.25) is 0 Å². The first-order chi connectivity index (χ1) is 12.3. The normalized spacial score (nSPS) is 23.0. The lowest BCUT2D eigenvalue weighted by Gasteiger charge is -2.43. The van der Waals surface area contributed by atoms with Gasteiger partial charge in [0.15, 0.2) is 11.6 Å². The standard InChI is InChI=1S/C18H27FN2O4S/c1-26(23,24)21-10-6-15(7-11-21)20-12-8-18(22,9-13-20)14-25-17-5-3-2-4-16(17)19/h2-5,15,22H,6-14H2,1H3. The highest BCUT2D eigenvalue weighted by atomic mass is 32.2. The fraction of sp³-hybridized carbons (Fsp3) is 0.667. The van der Waals surface area contributed by atoms with Gasteiger partial charge in [0, 0.05) is 32.2 Å². The molecule has 0 aromatic heterocycles. The number of nitrogens with zero attached hydrogens (tertiary/aromatic N) is 2. The summed E-state index contributed by atoms with van der Waals surface area (Å²) in [5.74, 6) is -0.261. The molecule has 0 spiro atoms. The van der Waals surface area contributed by atoms with Crippen molar-refractivity contribution in [1.29, 1.82) is 0 Å². The van der Waals surface area contributed by atoms with Crippen LogP contribution in [-0.4, -0.2) is 73.4 Å². The van der Waals surface area contributed by atoms with Crippen molar-refractivity contribution in [2.45, 2.75) is 37.3 Å². The molecular weight excluding hydrogens is 359 g/mol. The average molecular weight is 386 g/mol. The maximum Gasteiger partial charge on any atom is 0.211 e. The number of piperidine rings is 2. The highest BCUT2D eigenvalue weighted by Crippen LogP contribution is 2.28. The van der Waals surface area contributed by atoms with Crippen molar-refractivity contribution in [1.82, 2.24) is 9.21 Å². The number of likely N-dealkylation sites (tertiary alicyclic amines) is 1. The molecule has 146 valence electrons. The first kappa shape index (κ1) is 19.5. The summed E-state index contributed by atoms with van der Waals surface area (Å²) in [6, 6.07) is 6.55. The molecule has 0 atom stereocenters. The molecule has 6 nitrogen and oxygen atoms in total. The van der Waals surface area contributed by atoms with Crippen LogP contribution in [0.1, 0.15) is 25.7 Å².